The lowest BCUT2D eigenvalue weighted by Gasteiger charge is -2.26. The van der Waals surface area contributed by atoms with E-state index < -0.39 is 10.0 Å². The van der Waals surface area contributed by atoms with Gasteiger partial charge in [-0.1, -0.05) is 18.9 Å². The maximum atomic E-state index is 13.0. The van der Waals surface area contributed by atoms with E-state index in [1.54, 1.807) is 16.4 Å². The van der Waals surface area contributed by atoms with Crippen LogP contribution in [0.1, 0.15) is 56.9 Å². The number of benzene rings is 1. The fourth-order valence-corrected chi connectivity index (χ4v) is 7.04. The molecule has 4 rings (SSSR count). The molecule has 27 heavy (non-hydrogen) atoms. The van der Waals surface area contributed by atoms with E-state index in [9.17, 15) is 13.2 Å². The fraction of sp³-hybridized carbons (Fsp3) is 0.667. The molecular formula is C21H30N2O3S. The highest BCUT2D eigenvalue weighted by molar-refractivity contribution is 7.89. The highest BCUT2D eigenvalue weighted by Gasteiger charge is 2.40. The number of nitrogens with one attached hydrogen (secondary N) is 1. The molecule has 3 fully saturated rings. The van der Waals surface area contributed by atoms with Crippen LogP contribution < -0.4 is 5.32 Å². The standard InChI is InChI=1S/C21H30N2O3S/c1-15-5-8-19(14-20(15)27(25,26)23-9-3-2-4-10-23)22-21(24)13-18-12-16-6-7-17(18)11-16/h5,8,14,16-18H,2-4,6-7,9-13H2,1H3,(H,22,24). The van der Waals surface area contributed by atoms with E-state index in [0.29, 0.717) is 41.9 Å². The van der Waals surface area contributed by atoms with Gasteiger partial charge in [0, 0.05) is 25.2 Å². The van der Waals surface area contributed by atoms with Gasteiger partial charge < -0.3 is 5.32 Å². The van der Waals surface area contributed by atoms with Gasteiger partial charge in [0.1, 0.15) is 0 Å². The van der Waals surface area contributed by atoms with Crippen LogP contribution in [0.2, 0.25) is 0 Å². The Balaban J connectivity index is 1.46. The van der Waals surface area contributed by atoms with Crippen molar-refractivity contribution in [3.8, 4) is 0 Å². The van der Waals surface area contributed by atoms with E-state index in [4.69, 9.17) is 0 Å². The van der Waals surface area contributed by atoms with Gasteiger partial charge in [0.2, 0.25) is 15.9 Å². The summed E-state index contributed by atoms with van der Waals surface area (Å²) in [7, 11) is -3.50. The molecule has 2 bridgehead atoms. The van der Waals surface area contributed by atoms with E-state index >= 15 is 0 Å². The maximum Gasteiger partial charge on any atom is 0.243 e. The summed E-state index contributed by atoms with van der Waals surface area (Å²) in [6.45, 7) is 2.99. The molecule has 2 saturated carbocycles. The van der Waals surface area contributed by atoms with Crippen LogP contribution in [0.15, 0.2) is 23.1 Å². The third-order valence-electron chi connectivity index (χ3n) is 6.74. The molecule has 3 aliphatic rings. The van der Waals surface area contributed by atoms with Crippen molar-refractivity contribution >= 4 is 21.6 Å². The SMILES string of the molecule is Cc1ccc(NC(=O)CC2CC3CCC2C3)cc1S(=O)(=O)N1CCCCC1. The molecule has 148 valence electrons. The van der Waals surface area contributed by atoms with Crippen LogP contribution in [0.4, 0.5) is 5.69 Å². The Morgan fingerprint density at radius 3 is 2.59 bits per heavy atom. The monoisotopic (exact) mass is 390 g/mol. The number of fused-ring (bicyclic) bond motifs is 2. The summed E-state index contributed by atoms with van der Waals surface area (Å²) in [6.07, 6.45) is 8.55. The van der Waals surface area contributed by atoms with Crippen LogP contribution in [-0.2, 0) is 14.8 Å². The lowest BCUT2D eigenvalue weighted by Crippen LogP contribution is -2.36. The van der Waals surface area contributed by atoms with Crippen molar-refractivity contribution < 1.29 is 13.2 Å². The quantitative estimate of drug-likeness (QED) is 0.828. The fourth-order valence-electron chi connectivity index (χ4n) is 5.28. The summed E-state index contributed by atoms with van der Waals surface area (Å²) in [5.74, 6) is 2.06. The van der Waals surface area contributed by atoms with Crippen molar-refractivity contribution in [2.75, 3.05) is 18.4 Å². The first kappa shape index (κ1) is 18.9. The molecule has 1 amide bonds. The van der Waals surface area contributed by atoms with Gasteiger partial charge in [0.15, 0.2) is 0 Å². The Morgan fingerprint density at radius 1 is 1.15 bits per heavy atom. The number of aryl methyl sites for hydroxylation is 1. The van der Waals surface area contributed by atoms with E-state index in [-0.39, 0.29) is 5.91 Å². The van der Waals surface area contributed by atoms with Gasteiger partial charge in [-0.2, -0.15) is 4.31 Å². The van der Waals surface area contributed by atoms with E-state index in [1.165, 1.54) is 25.7 Å². The number of sulfonamides is 1. The first-order chi connectivity index (χ1) is 12.9. The van der Waals surface area contributed by atoms with Crippen molar-refractivity contribution in [3.63, 3.8) is 0 Å². The minimum atomic E-state index is -3.50. The van der Waals surface area contributed by atoms with Crippen molar-refractivity contribution in [3.05, 3.63) is 23.8 Å². The summed E-state index contributed by atoms with van der Waals surface area (Å²) in [6, 6.07) is 5.24. The summed E-state index contributed by atoms with van der Waals surface area (Å²) >= 11 is 0. The zero-order valence-electron chi connectivity index (χ0n) is 16.1. The zero-order valence-corrected chi connectivity index (χ0v) is 16.9. The van der Waals surface area contributed by atoms with Crippen molar-refractivity contribution in [2.45, 2.75) is 63.2 Å². The summed E-state index contributed by atoms with van der Waals surface area (Å²) < 4.78 is 27.6. The molecule has 1 aromatic rings. The number of amides is 1. The molecule has 3 unspecified atom stereocenters. The highest BCUT2D eigenvalue weighted by Crippen LogP contribution is 2.49. The van der Waals surface area contributed by atoms with Gasteiger partial charge in [0.05, 0.1) is 4.90 Å². The first-order valence-corrected chi connectivity index (χ1v) is 11.8. The molecule has 0 spiro atoms. The topological polar surface area (TPSA) is 66.5 Å². The van der Waals surface area contributed by atoms with Crippen molar-refractivity contribution in [2.24, 2.45) is 17.8 Å². The Labute approximate surface area is 162 Å². The number of carbonyl (C=O) groups excluding carboxylic acids is 1. The second kappa shape index (κ2) is 7.55. The van der Waals surface area contributed by atoms with Crippen LogP contribution in [0.3, 0.4) is 0 Å². The normalized spacial score (nSPS) is 28.4. The first-order valence-electron chi connectivity index (χ1n) is 10.3. The zero-order chi connectivity index (χ0) is 19.0. The summed E-state index contributed by atoms with van der Waals surface area (Å²) in [5.41, 5.74) is 1.32. The number of carbonyl (C=O) groups is 1. The molecule has 1 aromatic carbocycles. The molecule has 2 aliphatic carbocycles. The van der Waals surface area contributed by atoms with Gasteiger partial charge in [-0.25, -0.2) is 8.42 Å². The molecule has 3 atom stereocenters. The average molecular weight is 391 g/mol. The number of hydrogen-bond donors (Lipinski definition) is 1. The lowest BCUT2D eigenvalue weighted by molar-refractivity contribution is -0.117. The van der Waals surface area contributed by atoms with E-state index in [0.717, 1.165) is 30.7 Å². The summed E-state index contributed by atoms with van der Waals surface area (Å²) in [4.78, 5) is 12.8. The molecule has 5 nitrogen and oxygen atoms in total. The molecule has 6 heteroatoms. The van der Waals surface area contributed by atoms with Gasteiger partial charge in [-0.05, 0) is 74.5 Å². The summed E-state index contributed by atoms with van der Waals surface area (Å²) in [5, 5.41) is 2.95. The predicted octanol–water partition coefficient (Wildman–Crippen LogP) is 3.93. The minimum Gasteiger partial charge on any atom is -0.326 e. The van der Waals surface area contributed by atoms with Crippen LogP contribution >= 0.6 is 0 Å². The predicted molar refractivity (Wildman–Crippen MR) is 106 cm³/mol. The molecule has 1 aliphatic heterocycles. The van der Waals surface area contributed by atoms with Gasteiger partial charge >= 0.3 is 0 Å². The molecule has 1 saturated heterocycles. The number of anilines is 1. The Kier molecular flexibility index (Phi) is 5.30. The Bertz CT molecular complexity index is 815. The second-order valence-electron chi connectivity index (χ2n) is 8.63. The van der Waals surface area contributed by atoms with Gasteiger partial charge in [-0.15, -0.1) is 0 Å². The number of rotatable bonds is 5. The molecule has 0 radical (unpaired) electrons. The van der Waals surface area contributed by atoms with E-state index in [2.05, 4.69) is 5.32 Å². The number of nitrogens with zero attached hydrogens (tertiary/aromatic N) is 1. The minimum absolute atomic E-state index is 0.0118. The Morgan fingerprint density at radius 2 is 1.93 bits per heavy atom. The second-order valence-corrected chi connectivity index (χ2v) is 10.5. The van der Waals surface area contributed by atoms with Crippen LogP contribution in [-0.4, -0.2) is 31.7 Å². The van der Waals surface area contributed by atoms with Crippen LogP contribution in [0, 0.1) is 24.7 Å². The average Bonchev–Trinajstić information content (AvgIpc) is 3.27. The number of hydrogen-bond acceptors (Lipinski definition) is 3. The molecular weight excluding hydrogens is 360 g/mol. The molecule has 1 N–H and O–H groups in total. The molecule has 1 heterocycles. The third kappa shape index (κ3) is 3.92. The van der Waals surface area contributed by atoms with E-state index in [1.807, 2.05) is 13.0 Å². The maximum absolute atomic E-state index is 13.0. The van der Waals surface area contributed by atoms with Crippen molar-refractivity contribution in [1.29, 1.82) is 0 Å². The van der Waals surface area contributed by atoms with Crippen LogP contribution in [0.25, 0.3) is 0 Å². The third-order valence-corrected chi connectivity index (χ3v) is 8.78. The van der Waals surface area contributed by atoms with Crippen molar-refractivity contribution in [1.82, 2.24) is 4.31 Å². The van der Waals surface area contributed by atoms with Gasteiger partial charge in [0.25, 0.3) is 0 Å². The Hall–Kier alpha value is -1.40. The van der Waals surface area contributed by atoms with Crippen LogP contribution in [0.5, 0.6) is 0 Å². The molecule has 0 aromatic heterocycles. The largest absolute Gasteiger partial charge is 0.326 e. The van der Waals surface area contributed by atoms with Gasteiger partial charge in [-0.3, -0.25) is 4.79 Å². The smallest absolute Gasteiger partial charge is 0.243 e. The lowest BCUT2D eigenvalue weighted by atomic mass is 9.86. The highest BCUT2D eigenvalue weighted by atomic mass is 32.2. The number of piperidine rings is 1.